The number of aliphatic hydroxyl groups excluding tert-OH is 2. The lowest BCUT2D eigenvalue weighted by atomic mass is 9.89. The van der Waals surface area contributed by atoms with Crippen LogP contribution < -0.4 is 15.8 Å². The van der Waals surface area contributed by atoms with Crippen molar-refractivity contribution in [3.05, 3.63) is 46.9 Å². The lowest BCUT2D eigenvalue weighted by Crippen LogP contribution is -2.35. The normalized spacial score (nSPS) is 26.9. The minimum atomic E-state index is -3.05. The number of aromatic nitrogens is 3. The number of anilines is 1. The number of nitrogen functional groups attached to an aromatic ring is 1. The zero-order valence-electron chi connectivity index (χ0n) is 18.1. The first-order valence-corrected chi connectivity index (χ1v) is 10.8. The van der Waals surface area contributed by atoms with Crippen molar-refractivity contribution in [1.29, 1.82) is 0 Å². The van der Waals surface area contributed by atoms with Crippen molar-refractivity contribution in [1.82, 2.24) is 19.9 Å². The second-order valence-electron chi connectivity index (χ2n) is 8.79. The van der Waals surface area contributed by atoms with Crippen molar-refractivity contribution < 1.29 is 32.5 Å². The smallest absolute Gasteiger partial charge is 0.266 e. The van der Waals surface area contributed by atoms with Gasteiger partial charge in [-0.2, -0.15) is 0 Å². The Bertz CT molecular complexity index is 1250. The summed E-state index contributed by atoms with van der Waals surface area (Å²) in [5, 5.41) is 24.5. The van der Waals surface area contributed by atoms with Crippen molar-refractivity contribution in [3.63, 3.8) is 0 Å². The van der Waals surface area contributed by atoms with E-state index in [1.54, 1.807) is 6.92 Å². The summed E-state index contributed by atoms with van der Waals surface area (Å²) >= 11 is 0. The van der Waals surface area contributed by atoms with Gasteiger partial charge in [0.05, 0.1) is 17.0 Å². The number of halogens is 4. The van der Waals surface area contributed by atoms with Crippen LogP contribution in [0, 0.1) is 11.6 Å². The summed E-state index contributed by atoms with van der Waals surface area (Å²) in [5.41, 5.74) is 5.65. The van der Waals surface area contributed by atoms with Crippen LogP contribution in [-0.2, 0) is 6.54 Å². The highest BCUT2D eigenvalue weighted by Crippen LogP contribution is 2.42. The Labute approximate surface area is 191 Å². The molecular formula is C22H23F4N5O3. The minimum absolute atomic E-state index is 0.00854. The highest BCUT2D eigenvalue weighted by atomic mass is 19.3. The van der Waals surface area contributed by atoms with Gasteiger partial charge in [0.1, 0.15) is 47.7 Å². The lowest BCUT2D eigenvalue weighted by Gasteiger charge is -2.29. The fourth-order valence-electron chi connectivity index (χ4n) is 5.03. The summed E-state index contributed by atoms with van der Waals surface area (Å²) in [7, 11) is 0. The summed E-state index contributed by atoms with van der Waals surface area (Å²) in [5.74, 6) is -2.06. The van der Waals surface area contributed by atoms with E-state index in [-0.39, 0.29) is 47.0 Å². The van der Waals surface area contributed by atoms with Crippen LogP contribution in [0.3, 0.4) is 0 Å². The Morgan fingerprint density at radius 3 is 2.74 bits per heavy atom. The second kappa shape index (κ2) is 8.36. The molecule has 5 atom stereocenters. The number of ether oxygens (including phenoxy) is 1. The number of fused-ring (bicyclic) bond motifs is 2. The molecule has 1 aliphatic carbocycles. The van der Waals surface area contributed by atoms with E-state index in [2.05, 4.69) is 15.3 Å². The van der Waals surface area contributed by atoms with Crippen LogP contribution in [-0.4, -0.2) is 49.6 Å². The van der Waals surface area contributed by atoms with Gasteiger partial charge in [0.25, 0.3) is 6.43 Å². The predicted octanol–water partition coefficient (Wildman–Crippen LogP) is 2.55. The van der Waals surface area contributed by atoms with Crippen LogP contribution in [0.25, 0.3) is 11.0 Å². The molecule has 0 spiro atoms. The third-order valence-corrected chi connectivity index (χ3v) is 6.71. The van der Waals surface area contributed by atoms with Gasteiger partial charge < -0.3 is 30.6 Å². The third kappa shape index (κ3) is 3.48. The molecule has 182 valence electrons. The molecule has 2 aliphatic rings. The van der Waals surface area contributed by atoms with Gasteiger partial charge in [-0.1, -0.05) is 6.92 Å². The molecule has 0 saturated heterocycles. The molecule has 5 unspecified atom stereocenters. The fourth-order valence-corrected chi connectivity index (χ4v) is 5.03. The highest BCUT2D eigenvalue weighted by Gasteiger charge is 2.45. The van der Waals surface area contributed by atoms with Crippen LogP contribution in [0.15, 0.2) is 18.6 Å². The summed E-state index contributed by atoms with van der Waals surface area (Å²) in [6.07, 6.45) is -4.61. The quantitative estimate of drug-likeness (QED) is 0.423. The number of nitrogens with one attached hydrogen (secondary N) is 1. The van der Waals surface area contributed by atoms with Crippen LogP contribution in [0.4, 0.5) is 23.4 Å². The molecule has 0 amide bonds. The molecule has 12 heteroatoms. The molecule has 0 radical (unpaired) electrons. The van der Waals surface area contributed by atoms with Gasteiger partial charge in [-0.15, -0.1) is 0 Å². The lowest BCUT2D eigenvalue weighted by molar-refractivity contribution is -0.0168. The van der Waals surface area contributed by atoms with Gasteiger partial charge in [0.15, 0.2) is 5.82 Å². The maximum atomic E-state index is 14.8. The zero-order valence-corrected chi connectivity index (χ0v) is 18.1. The average Bonchev–Trinajstić information content (AvgIpc) is 3.27. The number of hydrogen-bond donors (Lipinski definition) is 4. The number of nitrogens with zero attached hydrogens (tertiary/aromatic N) is 3. The molecular weight excluding hydrogens is 458 g/mol. The van der Waals surface area contributed by atoms with Gasteiger partial charge >= 0.3 is 0 Å². The summed E-state index contributed by atoms with van der Waals surface area (Å²) in [6.45, 7) is 2.34. The van der Waals surface area contributed by atoms with Crippen molar-refractivity contribution in [3.8, 4) is 5.75 Å². The van der Waals surface area contributed by atoms with E-state index in [1.165, 1.54) is 4.57 Å². The summed E-state index contributed by atoms with van der Waals surface area (Å²) in [6, 6.07) is 0.105. The van der Waals surface area contributed by atoms with E-state index in [9.17, 15) is 27.8 Å². The second-order valence-corrected chi connectivity index (χ2v) is 8.79. The maximum Gasteiger partial charge on any atom is 0.266 e. The molecule has 0 bridgehead atoms. The Morgan fingerprint density at radius 1 is 1.24 bits per heavy atom. The van der Waals surface area contributed by atoms with Gasteiger partial charge in [-0.25, -0.2) is 27.5 Å². The van der Waals surface area contributed by atoms with Gasteiger partial charge in [-0.05, 0) is 12.0 Å². The number of aliphatic hydroxyl groups is 2. The van der Waals surface area contributed by atoms with E-state index in [0.717, 1.165) is 18.6 Å². The van der Waals surface area contributed by atoms with E-state index in [1.807, 2.05) is 0 Å². The third-order valence-electron chi connectivity index (χ3n) is 6.71. The molecule has 34 heavy (non-hydrogen) atoms. The zero-order chi connectivity index (χ0) is 24.3. The van der Waals surface area contributed by atoms with E-state index < -0.39 is 48.0 Å². The van der Waals surface area contributed by atoms with Gasteiger partial charge in [0, 0.05) is 36.8 Å². The number of nitrogens with two attached hydrogens (primary N) is 1. The largest absolute Gasteiger partial charge is 0.487 e. The maximum absolute atomic E-state index is 14.8. The molecule has 1 fully saturated rings. The molecule has 1 aliphatic heterocycles. The first-order valence-electron chi connectivity index (χ1n) is 10.8. The molecule has 3 heterocycles. The number of rotatable bonds is 4. The predicted molar refractivity (Wildman–Crippen MR) is 113 cm³/mol. The number of alkyl halides is 2. The van der Waals surface area contributed by atoms with Crippen molar-refractivity contribution in [2.75, 3.05) is 12.3 Å². The molecule has 1 aromatic carbocycles. The SMILES string of the molecule is CC1CNCc2c(OC3CC(n4cc(F)c5c(N)ncnc54)C(O)C3O)cc(C(F)F)c(F)c21. The van der Waals surface area contributed by atoms with E-state index >= 15 is 0 Å². The van der Waals surface area contributed by atoms with Crippen LogP contribution in [0.5, 0.6) is 5.75 Å². The Morgan fingerprint density at radius 2 is 2.00 bits per heavy atom. The topological polar surface area (TPSA) is 118 Å². The molecule has 2 aromatic heterocycles. The average molecular weight is 481 g/mol. The van der Waals surface area contributed by atoms with Gasteiger partial charge in [0.2, 0.25) is 0 Å². The monoisotopic (exact) mass is 481 g/mol. The van der Waals surface area contributed by atoms with Crippen molar-refractivity contribution in [2.24, 2.45) is 0 Å². The summed E-state index contributed by atoms with van der Waals surface area (Å²) < 4.78 is 63.8. The minimum Gasteiger partial charge on any atom is -0.487 e. The van der Waals surface area contributed by atoms with Crippen LogP contribution >= 0.6 is 0 Å². The number of hydrogen-bond acceptors (Lipinski definition) is 7. The Balaban J connectivity index is 1.51. The van der Waals surface area contributed by atoms with Crippen molar-refractivity contribution >= 4 is 16.9 Å². The van der Waals surface area contributed by atoms with Crippen LogP contribution in [0.2, 0.25) is 0 Å². The molecule has 8 nitrogen and oxygen atoms in total. The Kier molecular flexibility index (Phi) is 5.61. The fraction of sp³-hybridized carbons (Fsp3) is 0.455. The summed E-state index contributed by atoms with van der Waals surface area (Å²) in [4.78, 5) is 7.82. The molecule has 1 saturated carbocycles. The molecule has 5 rings (SSSR count). The molecule has 3 aromatic rings. The Hall–Kier alpha value is -2.96. The first kappa shape index (κ1) is 22.8. The first-order chi connectivity index (χ1) is 16.2. The van der Waals surface area contributed by atoms with E-state index in [0.29, 0.717) is 12.1 Å². The van der Waals surface area contributed by atoms with E-state index in [4.69, 9.17) is 10.5 Å². The number of benzene rings is 1. The molecule has 5 N–H and O–H groups in total. The van der Waals surface area contributed by atoms with Gasteiger partial charge in [-0.3, -0.25) is 0 Å². The highest BCUT2D eigenvalue weighted by molar-refractivity contribution is 5.86. The standard InChI is InChI=1S/C22H23F4N5O3/c1-8-4-28-5-10-13(2-9(20(25)26)17(24)15(8)10)34-14-3-12(18(32)19(14)33)31-6-11(23)16-21(27)29-7-30-22(16)31/h2,6-8,12,14,18-20,28,32-33H,3-5H2,1H3,(H2,27,29,30). The van der Waals surface area contributed by atoms with Crippen molar-refractivity contribution in [2.45, 2.75) is 56.6 Å². The van der Waals surface area contributed by atoms with Crippen LogP contribution in [0.1, 0.15) is 48.4 Å².